The van der Waals surface area contributed by atoms with E-state index in [1.165, 1.54) is 17.8 Å². The molecule has 1 aromatic carbocycles. The molecule has 0 bridgehead atoms. The van der Waals surface area contributed by atoms with Gasteiger partial charge in [-0.15, -0.1) is 11.8 Å². The van der Waals surface area contributed by atoms with Crippen molar-refractivity contribution >= 4 is 33.4 Å². The maximum atomic E-state index is 13.5. The molecule has 0 radical (unpaired) electrons. The van der Waals surface area contributed by atoms with Crippen molar-refractivity contribution in [1.29, 1.82) is 0 Å². The molecule has 0 saturated carbocycles. The summed E-state index contributed by atoms with van der Waals surface area (Å²) in [7, 11) is 0. The summed E-state index contributed by atoms with van der Waals surface area (Å²) in [5.41, 5.74) is 6.82. The van der Waals surface area contributed by atoms with E-state index in [1.54, 1.807) is 24.4 Å². The highest BCUT2D eigenvalue weighted by Gasteiger charge is 2.04. The molecule has 0 aliphatic heterocycles. The summed E-state index contributed by atoms with van der Waals surface area (Å²) in [6.07, 6.45) is 1.60. The minimum atomic E-state index is -0.198. The van der Waals surface area contributed by atoms with Crippen LogP contribution in [0.4, 0.5) is 10.1 Å². The third-order valence-corrected chi connectivity index (χ3v) is 3.63. The van der Waals surface area contributed by atoms with E-state index in [0.29, 0.717) is 17.0 Å². The fourth-order valence-electron chi connectivity index (χ4n) is 1.28. The van der Waals surface area contributed by atoms with Gasteiger partial charge in [-0.25, -0.2) is 9.37 Å². The predicted octanol–water partition coefficient (Wildman–Crippen LogP) is 3.86. The molecule has 0 saturated heterocycles. The van der Waals surface area contributed by atoms with Crippen LogP contribution in [0.3, 0.4) is 0 Å². The van der Waals surface area contributed by atoms with Crippen molar-refractivity contribution in [2.75, 3.05) is 5.73 Å². The largest absolute Gasteiger partial charge is 0.397 e. The quantitative estimate of drug-likeness (QED) is 0.875. The normalized spacial score (nSPS) is 10.5. The highest BCUT2D eigenvalue weighted by molar-refractivity contribution is 9.10. The number of anilines is 1. The van der Waals surface area contributed by atoms with Crippen LogP contribution < -0.4 is 5.73 Å². The molecule has 2 aromatic rings. The first kappa shape index (κ1) is 12.4. The molecule has 1 aromatic heterocycles. The molecular formula is C12H10BrFN2S. The molecular weight excluding hydrogens is 303 g/mol. The Balaban J connectivity index is 2.07. The lowest BCUT2D eigenvalue weighted by molar-refractivity contribution is 0.617. The van der Waals surface area contributed by atoms with Gasteiger partial charge < -0.3 is 5.73 Å². The Morgan fingerprint density at radius 1 is 1.29 bits per heavy atom. The van der Waals surface area contributed by atoms with Crippen molar-refractivity contribution in [2.24, 2.45) is 0 Å². The van der Waals surface area contributed by atoms with Crippen molar-refractivity contribution in [1.82, 2.24) is 4.98 Å². The number of rotatable bonds is 3. The summed E-state index contributed by atoms with van der Waals surface area (Å²) < 4.78 is 14.3. The summed E-state index contributed by atoms with van der Waals surface area (Å²) in [5.74, 6) is 0.346. The first-order valence-electron chi connectivity index (χ1n) is 4.93. The van der Waals surface area contributed by atoms with Crippen LogP contribution in [-0.4, -0.2) is 4.98 Å². The lowest BCUT2D eigenvalue weighted by Crippen LogP contribution is -1.90. The van der Waals surface area contributed by atoms with Crippen molar-refractivity contribution in [2.45, 2.75) is 10.8 Å². The second-order valence-corrected chi connectivity index (χ2v) is 5.37. The van der Waals surface area contributed by atoms with E-state index in [0.717, 1.165) is 9.50 Å². The number of nitrogens with two attached hydrogens (primary N) is 1. The van der Waals surface area contributed by atoms with Gasteiger partial charge in [0.05, 0.1) is 16.9 Å². The zero-order valence-corrected chi connectivity index (χ0v) is 11.3. The Kier molecular flexibility index (Phi) is 4.02. The van der Waals surface area contributed by atoms with E-state index in [1.807, 2.05) is 6.07 Å². The van der Waals surface area contributed by atoms with E-state index in [9.17, 15) is 4.39 Å². The Morgan fingerprint density at radius 3 is 2.82 bits per heavy atom. The van der Waals surface area contributed by atoms with Crippen molar-refractivity contribution in [3.05, 3.63) is 52.4 Å². The van der Waals surface area contributed by atoms with Gasteiger partial charge in [-0.05, 0) is 35.9 Å². The highest BCUT2D eigenvalue weighted by atomic mass is 79.9. The van der Waals surface area contributed by atoms with Crippen molar-refractivity contribution in [3.8, 4) is 0 Å². The molecule has 0 fully saturated rings. The van der Waals surface area contributed by atoms with Gasteiger partial charge in [0.1, 0.15) is 5.82 Å². The Bertz CT molecular complexity index is 516. The Hall–Kier alpha value is -1.07. The van der Waals surface area contributed by atoms with Gasteiger partial charge in [-0.2, -0.15) is 0 Å². The minimum absolute atomic E-state index is 0.198. The number of hydrogen-bond donors (Lipinski definition) is 1. The van der Waals surface area contributed by atoms with Crippen molar-refractivity contribution < 1.29 is 4.39 Å². The SMILES string of the molecule is Nc1ccc(SCc2cc(Br)ccc2F)nc1. The van der Waals surface area contributed by atoms with E-state index in [-0.39, 0.29) is 5.82 Å². The summed E-state index contributed by atoms with van der Waals surface area (Å²) in [6, 6.07) is 8.53. The number of hydrogen-bond acceptors (Lipinski definition) is 3. The fraction of sp³-hybridized carbons (Fsp3) is 0.0833. The van der Waals surface area contributed by atoms with Crippen LogP contribution in [0.2, 0.25) is 0 Å². The maximum absolute atomic E-state index is 13.5. The molecule has 2 rings (SSSR count). The third-order valence-electron chi connectivity index (χ3n) is 2.14. The van der Waals surface area contributed by atoms with Gasteiger partial charge in [0.25, 0.3) is 0 Å². The number of benzene rings is 1. The van der Waals surface area contributed by atoms with Crippen LogP contribution in [0.1, 0.15) is 5.56 Å². The molecule has 17 heavy (non-hydrogen) atoms. The Labute approximate surface area is 112 Å². The van der Waals surface area contributed by atoms with Crippen molar-refractivity contribution in [3.63, 3.8) is 0 Å². The van der Waals surface area contributed by atoms with E-state index in [2.05, 4.69) is 20.9 Å². The monoisotopic (exact) mass is 312 g/mol. The number of aromatic nitrogens is 1. The van der Waals surface area contributed by atoms with Crippen LogP contribution in [0.15, 0.2) is 46.0 Å². The van der Waals surface area contributed by atoms with Gasteiger partial charge in [0.2, 0.25) is 0 Å². The average molecular weight is 313 g/mol. The molecule has 88 valence electrons. The summed E-state index contributed by atoms with van der Waals surface area (Å²) in [5, 5.41) is 0.832. The predicted molar refractivity (Wildman–Crippen MR) is 72.3 cm³/mol. The zero-order valence-electron chi connectivity index (χ0n) is 8.86. The van der Waals surface area contributed by atoms with Crippen LogP contribution in [0, 0.1) is 5.82 Å². The number of nitrogens with zero attached hydrogens (tertiary/aromatic N) is 1. The van der Waals surface area contributed by atoms with Gasteiger partial charge in [0.15, 0.2) is 0 Å². The molecule has 0 aliphatic rings. The summed E-state index contributed by atoms with van der Waals surface area (Å²) in [6.45, 7) is 0. The lowest BCUT2D eigenvalue weighted by Gasteiger charge is -2.04. The molecule has 0 aliphatic carbocycles. The molecule has 0 spiro atoms. The zero-order chi connectivity index (χ0) is 12.3. The van der Waals surface area contributed by atoms with E-state index >= 15 is 0 Å². The first-order chi connectivity index (χ1) is 8.15. The minimum Gasteiger partial charge on any atom is -0.397 e. The Morgan fingerprint density at radius 2 is 2.12 bits per heavy atom. The highest BCUT2D eigenvalue weighted by Crippen LogP contribution is 2.24. The lowest BCUT2D eigenvalue weighted by atomic mass is 10.2. The molecule has 2 nitrogen and oxygen atoms in total. The van der Waals surface area contributed by atoms with Crippen LogP contribution >= 0.6 is 27.7 Å². The topological polar surface area (TPSA) is 38.9 Å². The van der Waals surface area contributed by atoms with Crippen LogP contribution in [-0.2, 0) is 5.75 Å². The second kappa shape index (κ2) is 5.51. The fourth-order valence-corrected chi connectivity index (χ4v) is 2.51. The summed E-state index contributed by atoms with van der Waals surface area (Å²) >= 11 is 4.80. The molecule has 1 heterocycles. The summed E-state index contributed by atoms with van der Waals surface area (Å²) in [4.78, 5) is 4.15. The number of thioether (sulfide) groups is 1. The molecule has 5 heteroatoms. The average Bonchev–Trinajstić information content (AvgIpc) is 2.32. The third kappa shape index (κ3) is 3.44. The van der Waals surface area contributed by atoms with Crippen LogP contribution in [0.5, 0.6) is 0 Å². The van der Waals surface area contributed by atoms with Gasteiger partial charge in [-0.3, -0.25) is 0 Å². The molecule has 0 amide bonds. The van der Waals surface area contributed by atoms with Gasteiger partial charge >= 0.3 is 0 Å². The number of nitrogen functional groups attached to an aromatic ring is 1. The number of pyridine rings is 1. The smallest absolute Gasteiger partial charge is 0.127 e. The standard InChI is InChI=1S/C12H10BrFN2S/c13-9-1-3-11(14)8(5-9)7-17-12-4-2-10(15)6-16-12/h1-6H,7,15H2. The first-order valence-corrected chi connectivity index (χ1v) is 6.71. The maximum Gasteiger partial charge on any atom is 0.127 e. The molecule has 0 atom stereocenters. The van der Waals surface area contributed by atoms with Gasteiger partial charge in [0, 0.05) is 10.2 Å². The molecule has 0 unspecified atom stereocenters. The van der Waals surface area contributed by atoms with E-state index < -0.39 is 0 Å². The second-order valence-electron chi connectivity index (χ2n) is 3.45. The molecule has 2 N–H and O–H groups in total. The van der Waals surface area contributed by atoms with E-state index in [4.69, 9.17) is 5.73 Å². The van der Waals surface area contributed by atoms with Gasteiger partial charge in [-0.1, -0.05) is 15.9 Å². The van der Waals surface area contributed by atoms with Crippen LogP contribution in [0.25, 0.3) is 0 Å². The number of halogens is 2.